The van der Waals surface area contributed by atoms with Gasteiger partial charge in [0.2, 0.25) is 0 Å². The van der Waals surface area contributed by atoms with Gasteiger partial charge in [-0.3, -0.25) is 4.79 Å². The second kappa shape index (κ2) is 3.23. The van der Waals surface area contributed by atoms with Crippen LogP contribution in [0.5, 0.6) is 5.75 Å². The topological polar surface area (TPSA) is 26.3 Å². The molecule has 1 heterocycles. The highest BCUT2D eigenvalue weighted by atomic mass is 16.5. The average Bonchev–Trinajstić information content (AvgIpc) is 2.54. The van der Waals surface area contributed by atoms with Crippen LogP contribution in [0.2, 0.25) is 0 Å². The van der Waals surface area contributed by atoms with Crippen LogP contribution in [0.3, 0.4) is 0 Å². The van der Waals surface area contributed by atoms with E-state index in [9.17, 15) is 4.79 Å². The lowest BCUT2D eigenvalue weighted by atomic mass is 9.92. The van der Waals surface area contributed by atoms with Gasteiger partial charge in [-0.15, -0.1) is 0 Å². The van der Waals surface area contributed by atoms with Gasteiger partial charge in [0, 0.05) is 12.0 Å². The number of hydrogen-bond acceptors (Lipinski definition) is 2. The summed E-state index contributed by atoms with van der Waals surface area (Å²) in [4.78, 5) is 10.6. The van der Waals surface area contributed by atoms with Crippen molar-refractivity contribution in [2.75, 3.05) is 0 Å². The highest BCUT2D eigenvalue weighted by Crippen LogP contribution is 2.38. The van der Waals surface area contributed by atoms with Crippen molar-refractivity contribution in [2.24, 2.45) is 0 Å². The van der Waals surface area contributed by atoms with Crippen LogP contribution >= 0.6 is 0 Å². The molecule has 1 aromatic rings. The summed E-state index contributed by atoms with van der Waals surface area (Å²) >= 11 is 0. The molecule has 2 heteroatoms. The van der Waals surface area contributed by atoms with E-state index >= 15 is 0 Å². The van der Waals surface area contributed by atoms with Crippen molar-refractivity contribution < 1.29 is 9.53 Å². The van der Waals surface area contributed by atoms with E-state index in [-0.39, 0.29) is 5.60 Å². The molecule has 0 amide bonds. The fraction of sp³-hybridized carbons (Fsp3) is 0.308. The summed E-state index contributed by atoms with van der Waals surface area (Å²) in [6, 6.07) is 5.51. The number of carbonyl (C=O) groups excluding carboxylic acids is 1. The number of ether oxygens (including phenoxy) is 1. The number of aldehydes is 1. The number of fused-ring (bicyclic) bond motifs is 1. The first-order chi connectivity index (χ1) is 7.05. The van der Waals surface area contributed by atoms with Gasteiger partial charge in [-0.05, 0) is 43.2 Å². The molecule has 1 aliphatic heterocycles. The Balaban J connectivity index is 2.39. The fourth-order valence-corrected chi connectivity index (χ4v) is 1.79. The molecule has 1 unspecified atom stereocenters. The monoisotopic (exact) mass is 202 g/mol. The SMILES string of the molecule is C=C(C)C1(C)Cc2cc(C=O)ccc2O1. The lowest BCUT2D eigenvalue weighted by Gasteiger charge is -2.23. The van der Waals surface area contributed by atoms with Crippen molar-refractivity contribution in [2.45, 2.75) is 25.9 Å². The van der Waals surface area contributed by atoms with Crippen LogP contribution in [-0.4, -0.2) is 11.9 Å². The molecular weight excluding hydrogens is 188 g/mol. The molecule has 1 aliphatic rings. The van der Waals surface area contributed by atoms with E-state index in [2.05, 4.69) is 6.58 Å². The maximum Gasteiger partial charge on any atom is 0.150 e. The third kappa shape index (κ3) is 1.56. The Morgan fingerprint density at radius 2 is 2.33 bits per heavy atom. The van der Waals surface area contributed by atoms with Gasteiger partial charge < -0.3 is 4.74 Å². The summed E-state index contributed by atoms with van der Waals surface area (Å²) in [6.45, 7) is 7.93. The van der Waals surface area contributed by atoms with Crippen molar-refractivity contribution in [3.8, 4) is 5.75 Å². The molecule has 2 nitrogen and oxygen atoms in total. The van der Waals surface area contributed by atoms with Crippen molar-refractivity contribution in [1.82, 2.24) is 0 Å². The quantitative estimate of drug-likeness (QED) is 0.544. The van der Waals surface area contributed by atoms with E-state index in [4.69, 9.17) is 4.74 Å². The summed E-state index contributed by atoms with van der Waals surface area (Å²) in [5.41, 5.74) is 2.48. The van der Waals surface area contributed by atoms with Gasteiger partial charge in [0.15, 0.2) is 0 Å². The number of hydrogen-bond donors (Lipinski definition) is 0. The minimum atomic E-state index is -0.316. The predicted molar refractivity (Wildman–Crippen MR) is 59.4 cm³/mol. The molecule has 0 saturated heterocycles. The lowest BCUT2D eigenvalue weighted by molar-refractivity contribution is 0.112. The van der Waals surface area contributed by atoms with Gasteiger partial charge in [0.05, 0.1) is 0 Å². The Morgan fingerprint density at radius 1 is 1.60 bits per heavy atom. The molecule has 1 atom stereocenters. The van der Waals surface area contributed by atoms with Crippen molar-refractivity contribution in [3.63, 3.8) is 0 Å². The highest BCUT2D eigenvalue weighted by Gasteiger charge is 2.35. The maximum atomic E-state index is 10.6. The Bertz CT molecular complexity index is 434. The molecule has 0 radical (unpaired) electrons. The zero-order chi connectivity index (χ0) is 11.1. The van der Waals surface area contributed by atoms with E-state index in [1.165, 1.54) is 0 Å². The molecule has 0 bridgehead atoms. The second-order valence-electron chi connectivity index (χ2n) is 4.28. The van der Waals surface area contributed by atoms with Gasteiger partial charge in [0.1, 0.15) is 17.6 Å². The van der Waals surface area contributed by atoms with Crippen LogP contribution in [0.15, 0.2) is 30.4 Å². The first-order valence-electron chi connectivity index (χ1n) is 4.98. The molecule has 0 fully saturated rings. The van der Waals surface area contributed by atoms with Crippen molar-refractivity contribution in [1.29, 1.82) is 0 Å². The van der Waals surface area contributed by atoms with E-state index in [0.29, 0.717) is 5.56 Å². The molecule has 1 aromatic carbocycles. The third-order valence-corrected chi connectivity index (χ3v) is 2.99. The normalized spacial score (nSPS) is 23.1. The zero-order valence-corrected chi connectivity index (χ0v) is 9.04. The van der Waals surface area contributed by atoms with Crippen LogP contribution in [0.4, 0.5) is 0 Å². The van der Waals surface area contributed by atoms with E-state index in [1.807, 2.05) is 26.0 Å². The molecule has 78 valence electrons. The van der Waals surface area contributed by atoms with Crippen LogP contribution in [-0.2, 0) is 6.42 Å². The second-order valence-corrected chi connectivity index (χ2v) is 4.28. The van der Waals surface area contributed by atoms with Crippen LogP contribution < -0.4 is 4.74 Å². The maximum absolute atomic E-state index is 10.6. The van der Waals surface area contributed by atoms with E-state index < -0.39 is 0 Å². The van der Waals surface area contributed by atoms with Gasteiger partial charge >= 0.3 is 0 Å². The highest BCUT2D eigenvalue weighted by molar-refractivity contribution is 5.76. The predicted octanol–water partition coefficient (Wildman–Crippen LogP) is 2.77. The number of benzene rings is 1. The number of rotatable bonds is 2. The van der Waals surface area contributed by atoms with Crippen molar-refractivity contribution >= 4 is 6.29 Å². The smallest absolute Gasteiger partial charge is 0.150 e. The Morgan fingerprint density at radius 3 is 2.93 bits per heavy atom. The zero-order valence-electron chi connectivity index (χ0n) is 9.04. The molecule has 2 rings (SSSR count). The molecule has 0 spiro atoms. The molecule has 0 aliphatic carbocycles. The van der Waals surface area contributed by atoms with E-state index in [1.54, 1.807) is 6.07 Å². The Kier molecular flexibility index (Phi) is 2.14. The van der Waals surface area contributed by atoms with Crippen LogP contribution in [0, 0.1) is 0 Å². The molecule has 0 aromatic heterocycles. The average molecular weight is 202 g/mol. The molecule has 15 heavy (non-hydrogen) atoms. The fourth-order valence-electron chi connectivity index (χ4n) is 1.79. The largest absolute Gasteiger partial charge is 0.483 e. The summed E-state index contributed by atoms with van der Waals surface area (Å²) in [7, 11) is 0. The van der Waals surface area contributed by atoms with Crippen LogP contribution in [0.25, 0.3) is 0 Å². The Hall–Kier alpha value is -1.57. The van der Waals surface area contributed by atoms with Crippen LogP contribution in [0.1, 0.15) is 29.8 Å². The van der Waals surface area contributed by atoms with Gasteiger partial charge in [0.25, 0.3) is 0 Å². The summed E-state index contributed by atoms with van der Waals surface area (Å²) < 4.78 is 5.84. The summed E-state index contributed by atoms with van der Waals surface area (Å²) in [6.07, 6.45) is 1.65. The lowest BCUT2D eigenvalue weighted by Crippen LogP contribution is -2.30. The first-order valence-corrected chi connectivity index (χ1v) is 4.98. The minimum Gasteiger partial charge on any atom is -0.483 e. The van der Waals surface area contributed by atoms with Gasteiger partial charge in [-0.1, -0.05) is 6.58 Å². The summed E-state index contributed by atoms with van der Waals surface area (Å²) in [5.74, 6) is 0.867. The molecular formula is C13H14O2. The first kappa shape index (κ1) is 9.97. The van der Waals surface area contributed by atoms with Gasteiger partial charge in [-0.2, -0.15) is 0 Å². The Labute approximate surface area is 89.6 Å². The summed E-state index contributed by atoms with van der Waals surface area (Å²) in [5, 5.41) is 0. The van der Waals surface area contributed by atoms with E-state index in [0.717, 1.165) is 29.6 Å². The third-order valence-electron chi connectivity index (χ3n) is 2.99. The molecule has 0 N–H and O–H groups in total. The van der Waals surface area contributed by atoms with Crippen molar-refractivity contribution in [3.05, 3.63) is 41.5 Å². The molecule has 0 saturated carbocycles. The standard InChI is InChI=1S/C13H14O2/c1-9(2)13(3)7-11-6-10(8-14)4-5-12(11)15-13/h4-6,8H,1,7H2,2-3H3. The minimum absolute atomic E-state index is 0.316. The number of carbonyl (C=O) groups is 1. The van der Waals surface area contributed by atoms with Gasteiger partial charge in [-0.25, -0.2) is 0 Å².